The molecule has 0 aliphatic carbocycles. The number of nitrogen functional groups attached to an aromatic ring is 1. The van der Waals surface area contributed by atoms with Crippen LogP contribution in [0.1, 0.15) is 21.5 Å². The number of ketones is 1. The first kappa shape index (κ1) is 14.2. The van der Waals surface area contributed by atoms with Gasteiger partial charge >= 0.3 is 0 Å². The van der Waals surface area contributed by atoms with Gasteiger partial charge in [0.15, 0.2) is 5.78 Å². The standard InChI is InChI=1S/C14H14N4OS/c1-9-3-5-10(6-4-9)12(19)8-18-13(16)11(7-15)14(17-18)20-2/h3-6H,8,16H2,1-2H3. The summed E-state index contributed by atoms with van der Waals surface area (Å²) in [6, 6.07) is 9.33. The van der Waals surface area contributed by atoms with Gasteiger partial charge in [-0.15, -0.1) is 11.8 Å². The van der Waals surface area contributed by atoms with Crippen LogP contribution in [0.5, 0.6) is 0 Å². The van der Waals surface area contributed by atoms with Gasteiger partial charge in [-0.1, -0.05) is 29.8 Å². The Bertz CT molecular complexity index is 682. The zero-order valence-electron chi connectivity index (χ0n) is 11.3. The number of anilines is 1. The van der Waals surface area contributed by atoms with E-state index in [0.29, 0.717) is 16.2 Å². The van der Waals surface area contributed by atoms with Gasteiger partial charge in [-0.05, 0) is 13.2 Å². The van der Waals surface area contributed by atoms with Crippen LogP contribution in [0.15, 0.2) is 29.3 Å². The second-order valence-corrected chi connectivity index (χ2v) is 5.12. The maximum Gasteiger partial charge on any atom is 0.184 e. The lowest BCUT2D eigenvalue weighted by atomic mass is 10.1. The number of benzene rings is 1. The summed E-state index contributed by atoms with van der Waals surface area (Å²) >= 11 is 1.33. The van der Waals surface area contributed by atoms with Crippen molar-refractivity contribution in [2.75, 3.05) is 12.0 Å². The third kappa shape index (κ3) is 2.68. The van der Waals surface area contributed by atoms with Crippen LogP contribution in [0.3, 0.4) is 0 Å². The van der Waals surface area contributed by atoms with Crippen LogP contribution in [-0.4, -0.2) is 21.8 Å². The van der Waals surface area contributed by atoms with Crippen LogP contribution >= 0.6 is 11.8 Å². The highest BCUT2D eigenvalue weighted by Crippen LogP contribution is 2.23. The molecule has 5 nitrogen and oxygen atoms in total. The fourth-order valence-electron chi connectivity index (χ4n) is 1.79. The summed E-state index contributed by atoms with van der Waals surface area (Å²) in [4.78, 5) is 12.2. The van der Waals surface area contributed by atoms with Crippen LogP contribution in [0.4, 0.5) is 5.82 Å². The van der Waals surface area contributed by atoms with E-state index in [0.717, 1.165) is 5.56 Å². The molecule has 0 saturated heterocycles. The van der Waals surface area contributed by atoms with E-state index in [1.165, 1.54) is 16.4 Å². The number of hydrogen-bond acceptors (Lipinski definition) is 5. The smallest absolute Gasteiger partial charge is 0.184 e. The maximum absolute atomic E-state index is 12.2. The second kappa shape index (κ2) is 5.80. The molecule has 0 aliphatic heterocycles. The number of carbonyl (C=O) groups is 1. The summed E-state index contributed by atoms with van der Waals surface area (Å²) in [5.41, 5.74) is 7.88. The lowest BCUT2D eigenvalue weighted by molar-refractivity contribution is 0.0968. The van der Waals surface area contributed by atoms with E-state index in [9.17, 15) is 4.79 Å². The average molecular weight is 286 g/mol. The number of nitrogens with two attached hydrogens (primary N) is 1. The molecule has 1 aromatic carbocycles. The van der Waals surface area contributed by atoms with Crippen molar-refractivity contribution in [1.82, 2.24) is 9.78 Å². The molecule has 0 unspecified atom stereocenters. The van der Waals surface area contributed by atoms with Gasteiger partial charge < -0.3 is 5.73 Å². The van der Waals surface area contributed by atoms with Crippen LogP contribution in [-0.2, 0) is 6.54 Å². The quantitative estimate of drug-likeness (QED) is 0.688. The van der Waals surface area contributed by atoms with E-state index in [1.54, 1.807) is 12.1 Å². The first-order chi connectivity index (χ1) is 9.56. The highest BCUT2D eigenvalue weighted by atomic mass is 32.2. The maximum atomic E-state index is 12.2. The third-order valence-corrected chi connectivity index (χ3v) is 3.60. The van der Waals surface area contributed by atoms with Gasteiger partial charge in [0.25, 0.3) is 0 Å². The van der Waals surface area contributed by atoms with Crippen molar-refractivity contribution < 1.29 is 4.79 Å². The first-order valence-corrected chi connectivity index (χ1v) is 7.19. The summed E-state index contributed by atoms with van der Waals surface area (Å²) in [6.07, 6.45) is 1.81. The molecule has 6 heteroatoms. The van der Waals surface area contributed by atoms with Crippen LogP contribution < -0.4 is 5.73 Å². The van der Waals surface area contributed by atoms with E-state index in [4.69, 9.17) is 11.0 Å². The van der Waals surface area contributed by atoms with Crippen molar-refractivity contribution in [3.63, 3.8) is 0 Å². The Balaban J connectivity index is 2.26. The molecule has 0 spiro atoms. The van der Waals surface area contributed by atoms with Gasteiger partial charge in [0, 0.05) is 5.56 Å². The lowest BCUT2D eigenvalue weighted by Crippen LogP contribution is -2.14. The average Bonchev–Trinajstić information content (AvgIpc) is 2.75. The minimum Gasteiger partial charge on any atom is -0.383 e. The van der Waals surface area contributed by atoms with E-state index in [1.807, 2.05) is 31.4 Å². The molecular weight excluding hydrogens is 272 g/mol. The van der Waals surface area contributed by atoms with Gasteiger partial charge in [0.1, 0.15) is 29.0 Å². The minimum absolute atomic E-state index is 0.0319. The molecule has 0 radical (unpaired) electrons. The van der Waals surface area contributed by atoms with Crippen LogP contribution in [0, 0.1) is 18.3 Å². The predicted molar refractivity (Wildman–Crippen MR) is 78.6 cm³/mol. The molecule has 1 aromatic heterocycles. The third-order valence-electron chi connectivity index (χ3n) is 2.93. The van der Waals surface area contributed by atoms with Gasteiger partial charge in [0.2, 0.25) is 0 Å². The molecule has 0 atom stereocenters. The van der Waals surface area contributed by atoms with Gasteiger partial charge in [-0.2, -0.15) is 10.4 Å². The van der Waals surface area contributed by atoms with Crippen molar-refractivity contribution >= 4 is 23.4 Å². The summed E-state index contributed by atoms with van der Waals surface area (Å²) in [5.74, 6) is 0.147. The van der Waals surface area contributed by atoms with Crippen LogP contribution in [0.2, 0.25) is 0 Å². The number of hydrogen-bond donors (Lipinski definition) is 1. The fraction of sp³-hybridized carbons (Fsp3) is 0.214. The Morgan fingerprint density at radius 2 is 2.10 bits per heavy atom. The zero-order chi connectivity index (χ0) is 14.7. The number of aromatic nitrogens is 2. The summed E-state index contributed by atoms with van der Waals surface area (Å²) < 4.78 is 1.38. The molecule has 2 aromatic rings. The monoisotopic (exact) mass is 286 g/mol. The molecule has 0 saturated carbocycles. The van der Waals surface area contributed by atoms with Crippen molar-refractivity contribution in [3.05, 3.63) is 41.0 Å². The zero-order valence-corrected chi connectivity index (χ0v) is 12.1. The molecule has 2 rings (SSSR count). The fourth-order valence-corrected chi connectivity index (χ4v) is 2.32. The molecule has 20 heavy (non-hydrogen) atoms. The molecule has 0 amide bonds. The summed E-state index contributed by atoms with van der Waals surface area (Å²) in [5, 5.41) is 13.8. The highest BCUT2D eigenvalue weighted by Gasteiger charge is 2.17. The van der Waals surface area contributed by atoms with Crippen molar-refractivity contribution in [1.29, 1.82) is 5.26 Å². The topological polar surface area (TPSA) is 84.7 Å². The number of carbonyl (C=O) groups excluding carboxylic acids is 1. The molecule has 2 N–H and O–H groups in total. The van der Waals surface area contributed by atoms with Crippen molar-refractivity contribution in [2.45, 2.75) is 18.5 Å². The molecule has 0 fully saturated rings. The number of thioether (sulfide) groups is 1. The Labute approximate surface area is 121 Å². The normalized spacial score (nSPS) is 10.2. The van der Waals surface area contributed by atoms with Gasteiger partial charge in [-0.3, -0.25) is 4.79 Å². The van der Waals surface area contributed by atoms with E-state index >= 15 is 0 Å². The lowest BCUT2D eigenvalue weighted by Gasteiger charge is -2.04. The Morgan fingerprint density at radius 1 is 1.45 bits per heavy atom. The van der Waals surface area contributed by atoms with Gasteiger partial charge in [0.05, 0.1) is 0 Å². The molecule has 0 bridgehead atoms. The Kier molecular flexibility index (Phi) is 4.11. The van der Waals surface area contributed by atoms with Crippen molar-refractivity contribution in [2.24, 2.45) is 0 Å². The molecule has 0 aliphatic rings. The van der Waals surface area contributed by atoms with Crippen LogP contribution in [0.25, 0.3) is 0 Å². The minimum atomic E-state index is -0.0867. The largest absolute Gasteiger partial charge is 0.383 e. The van der Waals surface area contributed by atoms with Crippen molar-refractivity contribution in [3.8, 4) is 6.07 Å². The Morgan fingerprint density at radius 3 is 2.60 bits per heavy atom. The van der Waals surface area contributed by atoms with E-state index in [-0.39, 0.29) is 18.1 Å². The molecular formula is C14H14N4OS. The van der Waals surface area contributed by atoms with Gasteiger partial charge in [-0.25, -0.2) is 4.68 Å². The Hall–Kier alpha value is -2.26. The predicted octanol–water partition coefficient (Wildman–Crippen LogP) is 2.25. The SMILES string of the molecule is CSc1nn(CC(=O)c2ccc(C)cc2)c(N)c1C#N. The number of Topliss-reactive ketones (excluding diaryl/α,β-unsaturated/α-hetero) is 1. The summed E-state index contributed by atoms with van der Waals surface area (Å²) in [7, 11) is 0. The summed E-state index contributed by atoms with van der Waals surface area (Å²) in [6.45, 7) is 1.99. The number of aryl methyl sites for hydroxylation is 1. The second-order valence-electron chi connectivity index (χ2n) is 4.33. The molecule has 102 valence electrons. The molecule has 1 heterocycles. The highest BCUT2D eigenvalue weighted by molar-refractivity contribution is 7.98. The van der Waals surface area contributed by atoms with E-state index in [2.05, 4.69) is 5.10 Å². The first-order valence-electron chi connectivity index (χ1n) is 5.97. The number of nitrogens with zero attached hydrogens (tertiary/aromatic N) is 3. The number of nitriles is 1. The van der Waals surface area contributed by atoms with E-state index < -0.39 is 0 Å². The number of rotatable bonds is 4.